The number of methoxy groups -OCH3 is 1. The van der Waals surface area contributed by atoms with Gasteiger partial charge < -0.3 is 0 Å². The van der Waals surface area contributed by atoms with E-state index in [1.807, 2.05) is 48.5 Å². The average Bonchev–Trinajstić information content (AvgIpc) is 2.69. The summed E-state index contributed by atoms with van der Waals surface area (Å²) in [6.45, 7) is 0. The third-order valence-corrected chi connectivity index (χ3v) is 5.93. The molecule has 0 atom stereocenters. The number of rotatable bonds is 6. The molecule has 0 bridgehead atoms. The summed E-state index contributed by atoms with van der Waals surface area (Å²) >= 11 is 0.0603. The first-order valence-corrected chi connectivity index (χ1v) is 9.66. The molecule has 0 aliphatic rings. The summed E-state index contributed by atoms with van der Waals surface area (Å²) < 4.78 is 7.47. The van der Waals surface area contributed by atoms with E-state index in [1.165, 1.54) is 4.46 Å². The van der Waals surface area contributed by atoms with Crippen LogP contribution in [0.5, 0.6) is 5.75 Å². The molecule has 2 nitrogen and oxygen atoms in total. The SMILES string of the molecule is COc1ccc(C(=O)/C=C(\[Se]c2ccccc2)c2ccccc2)cc1. The van der Waals surface area contributed by atoms with Gasteiger partial charge in [0.15, 0.2) is 0 Å². The number of ether oxygens (including phenoxy) is 1. The van der Waals surface area contributed by atoms with Crippen LogP contribution in [0.3, 0.4) is 0 Å². The maximum atomic E-state index is 12.7. The summed E-state index contributed by atoms with van der Waals surface area (Å²) in [5, 5.41) is 0. The van der Waals surface area contributed by atoms with Crippen molar-refractivity contribution in [2.45, 2.75) is 0 Å². The Hall–Kier alpha value is -2.61. The third kappa shape index (κ3) is 4.69. The molecule has 0 aliphatic carbocycles. The molecule has 3 aromatic rings. The predicted octanol–water partition coefficient (Wildman–Crippen LogP) is 3.95. The van der Waals surface area contributed by atoms with Crippen molar-refractivity contribution in [2.75, 3.05) is 7.11 Å². The number of carbonyl (C=O) groups is 1. The standard InChI is InChI=1S/C22H18O2Se/c1-24-19-14-12-17(13-15-19)21(23)16-22(18-8-4-2-5-9-18)25-20-10-6-3-7-11-20/h2-16H,1H3/b22-16-. The van der Waals surface area contributed by atoms with Crippen LogP contribution in [-0.4, -0.2) is 27.8 Å². The summed E-state index contributed by atoms with van der Waals surface area (Å²) in [5.41, 5.74) is 1.76. The van der Waals surface area contributed by atoms with Gasteiger partial charge in [-0.25, -0.2) is 0 Å². The fraction of sp³-hybridized carbons (Fsp3) is 0.0455. The Kier molecular flexibility index (Phi) is 5.84. The molecule has 0 radical (unpaired) electrons. The van der Waals surface area contributed by atoms with E-state index in [1.54, 1.807) is 25.3 Å². The van der Waals surface area contributed by atoms with E-state index in [9.17, 15) is 4.79 Å². The van der Waals surface area contributed by atoms with Gasteiger partial charge in [-0.15, -0.1) is 0 Å². The number of carbonyl (C=O) groups excluding carboxylic acids is 1. The van der Waals surface area contributed by atoms with Crippen LogP contribution in [0.4, 0.5) is 0 Å². The molecule has 0 saturated heterocycles. The van der Waals surface area contributed by atoms with Gasteiger partial charge in [0.25, 0.3) is 0 Å². The zero-order chi connectivity index (χ0) is 17.5. The van der Waals surface area contributed by atoms with Crippen LogP contribution in [-0.2, 0) is 0 Å². The molecule has 0 fully saturated rings. The van der Waals surface area contributed by atoms with Crippen LogP contribution in [0.25, 0.3) is 4.47 Å². The second-order valence-electron chi connectivity index (χ2n) is 5.38. The molecule has 0 aromatic heterocycles. The third-order valence-electron chi connectivity index (χ3n) is 3.67. The summed E-state index contributed by atoms with van der Waals surface area (Å²) in [7, 11) is 1.62. The van der Waals surface area contributed by atoms with Crippen molar-refractivity contribution in [1.82, 2.24) is 0 Å². The number of benzene rings is 3. The minimum atomic E-state index is 0.0133. The van der Waals surface area contributed by atoms with Crippen LogP contribution >= 0.6 is 0 Å². The first-order valence-electron chi connectivity index (χ1n) is 7.94. The first-order chi connectivity index (χ1) is 12.3. The molecule has 0 saturated carbocycles. The van der Waals surface area contributed by atoms with Crippen molar-refractivity contribution in [3.8, 4) is 5.75 Å². The molecule has 0 aliphatic heterocycles. The fourth-order valence-corrected chi connectivity index (χ4v) is 4.38. The van der Waals surface area contributed by atoms with Crippen molar-refractivity contribution in [3.63, 3.8) is 0 Å². The summed E-state index contributed by atoms with van der Waals surface area (Å²) in [6.07, 6.45) is 1.77. The number of hydrogen-bond acceptors (Lipinski definition) is 2. The summed E-state index contributed by atoms with van der Waals surface area (Å²) in [5.74, 6) is 0.761. The van der Waals surface area contributed by atoms with Crippen LogP contribution in [0, 0.1) is 0 Å². The average molecular weight is 393 g/mol. The van der Waals surface area contributed by atoms with E-state index in [0.717, 1.165) is 15.8 Å². The first kappa shape index (κ1) is 17.2. The summed E-state index contributed by atoms with van der Waals surface area (Å²) in [6, 6.07) is 27.6. The predicted molar refractivity (Wildman–Crippen MR) is 104 cm³/mol. The van der Waals surface area contributed by atoms with E-state index in [-0.39, 0.29) is 20.7 Å². The number of ketones is 1. The van der Waals surface area contributed by atoms with Gasteiger partial charge in [0.1, 0.15) is 0 Å². The Balaban J connectivity index is 1.92. The van der Waals surface area contributed by atoms with Crippen LogP contribution < -0.4 is 9.20 Å². The van der Waals surface area contributed by atoms with Crippen molar-refractivity contribution < 1.29 is 9.53 Å². The van der Waals surface area contributed by atoms with Gasteiger partial charge in [-0.05, 0) is 0 Å². The molecule has 25 heavy (non-hydrogen) atoms. The maximum absolute atomic E-state index is 12.7. The quantitative estimate of drug-likeness (QED) is 0.360. The fourth-order valence-electron chi connectivity index (χ4n) is 2.35. The molecular weight excluding hydrogens is 375 g/mol. The van der Waals surface area contributed by atoms with E-state index in [2.05, 4.69) is 24.3 Å². The second-order valence-corrected chi connectivity index (χ2v) is 7.72. The van der Waals surface area contributed by atoms with Gasteiger partial charge in [0.05, 0.1) is 0 Å². The minimum absolute atomic E-state index is 0.0133. The van der Waals surface area contributed by atoms with Gasteiger partial charge in [-0.2, -0.15) is 0 Å². The molecule has 0 amide bonds. The zero-order valence-electron chi connectivity index (χ0n) is 13.9. The van der Waals surface area contributed by atoms with Crippen LogP contribution in [0.1, 0.15) is 15.9 Å². The Bertz CT molecular complexity index is 854. The van der Waals surface area contributed by atoms with E-state index < -0.39 is 0 Å². The van der Waals surface area contributed by atoms with Crippen LogP contribution in [0.2, 0.25) is 0 Å². The van der Waals surface area contributed by atoms with Gasteiger partial charge in [0.2, 0.25) is 0 Å². The van der Waals surface area contributed by atoms with Gasteiger partial charge in [-0.1, -0.05) is 0 Å². The molecule has 3 rings (SSSR count). The Labute approximate surface area is 154 Å². The molecule has 3 heteroatoms. The monoisotopic (exact) mass is 394 g/mol. The van der Waals surface area contributed by atoms with Crippen LogP contribution in [0.15, 0.2) is 91.0 Å². The van der Waals surface area contributed by atoms with Crippen molar-refractivity contribution in [1.29, 1.82) is 0 Å². The second kappa shape index (κ2) is 8.48. The molecule has 0 N–H and O–H groups in total. The Morgan fingerprint density at radius 2 is 1.40 bits per heavy atom. The molecule has 0 unspecified atom stereocenters. The topological polar surface area (TPSA) is 26.3 Å². The molecule has 3 aromatic carbocycles. The van der Waals surface area contributed by atoms with Crippen molar-refractivity contribution in [2.24, 2.45) is 0 Å². The zero-order valence-corrected chi connectivity index (χ0v) is 15.6. The Morgan fingerprint density at radius 1 is 0.800 bits per heavy atom. The molecule has 0 heterocycles. The number of hydrogen-bond donors (Lipinski definition) is 0. The van der Waals surface area contributed by atoms with E-state index in [4.69, 9.17) is 4.74 Å². The van der Waals surface area contributed by atoms with Crippen molar-refractivity contribution >= 4 is 29.7 Å². The van der Waals surface area contributed by atoms with Gasteiger partial charge >= 0.3 is 154 Å². The molecular formula is C22H18O2Se. The number of allylic oxidation sites excluding steroid dienone is 1. The van der Waals surface area contributed by atoms with Gasteiger partial charge in [-0.3, -0.25) is 0 Å². The normalized spacial score (nSPS) is 11.2. The van der Waals surface area contributed by atoms with Crippen molar-refractivity contribution in [3.05, 3.63) is 102 Å². The van der Waals surface area contributed by atoms with E-state index in [0.29, 0.717) is 5.56 Å². The van der Waals surface area contributed by atoms with E-state index >= 15 is 0 Å². The molecule has 124 valence electrons. The van der Waals surface area contributed by atoms with Gasteiger partial charge in [0, 0.05) is 0 Å². The molecule has 0 spiro atoms. The Morgan fingerprint density at radius 3 is 2.00 bits per heavy atom. The summed E-state index contributed by atoms with van der Waals surface area (Å²) in [4.78, 5) is 12.7.